The van der Waals surface area contributed by atoms with Gasteiger partial charge in [-0.25, -0.2) is 0 Å². The lowest BCUT2D eigenvalue weighted by molar-refractivity contribution is 0.105. The molecule has 0 unspecified atom stereocenters. The van der Waals surface area contributed by atoms with E-state index < -0.39 is 0 Å². The minimum absolute atomic E-state index is 0.348. The van der Waals surface area contributed by atoms with Gasteiger partial charge in [0.15, 0.2) is 0 Å². The monoisotopic (exact) mass is 209 g/mol. The maximum Gasteiger partial charge on any atom is 0.237 e. The maximum absolute atomic E-state index is 10.9. The molecule has 54 valence electrons. The number of rotatable bonds is 1. The Morgan fingerprint density at radius 2 is 2.36 bits per heavy atom. The van der Waals surface area contributed by atoms with E-state index in [2.05, 4.69) is 20.9 Å². The molecule has 1 rings (SSSR count). The molecule has 0 aliphatic carbocycles. The summed E-state index contributed by atoms with van der Waals surface area (Å²) in [6.07, 6.45) is 7.94. The van der Waals surface area contributed by atoms with E-state index >= 15 is 0 Å². The molecule has 0 spiro atoms. The number of aromatic nitrogens is 1. The van der Waals surface area contributed by atoms with Crippen LogP contribution >= 0.6 is 15.9 Å². The summed E-state index contributed by atoms with van der Waals surface area (Å²) in [5.41, 5.74) is 0.432. The summed E-state index contributed by atoms with van der Waals surface area (Å²) in [6, 6.07) is 1.63. The van der Waals surface area contributed by atoms with Crippen LogP contribution in [0.4, 0.5) is 0 Å². The van der Waals surface area contributed by atoms with Crippen molar-refractivity contribution >= 4 is 21.7 Å². The number of carbonyl (C=O) groups is 1. The molecule has 0 amide bonds. The molecule has 0 fully saturated rings. The van der Waals surface area contributed by atoms with Crippen LogP contribution < -0.4 is 0 Å². The highest BCUT2D eigenvalue weighted by molar-refractivity contribution is 9.10. The van der Waals surface area contributed by atoms with E-state index in [0.29, 0.717) is 5.56 Å². The Hall–Kier alpha value is -1.14. The van der Waals surface area contributed by atoms with Gasteiger partial charge in [-0.2, -0.15) is 0 Å². The van der Waals surface area contributed by atoms with Crippen molar-refractivity contribution in [2.45, 2.75) is 0 Å². The molecule has 1 aromatic rings. The van der Waals surface area contributed by atoms with Gasteiger partial charge >= 0.3 is 0 Å². The summed E-state index contributed by atoms with van der Waals surface area (Å²) in [5.74, 6) is 1.66. The Bertz CT molecular complexity index is 327. The lowest BCUT2D eigenvalue weighted by Crippen LogP contribution is -1.94. The molecule has 0 saturated heterocycles. The van der Waals surface area contributed by atoms with E-state index in [-0.39, 0.29) is 5.78 Å². The molecule has 0 saturated carbocycles. The number of halogens is 1. The summed E-state index contributed by atoms with van der Waals surface area (Å²) in [6.45, 7) is 0. The third-order valence-electron chi connectivity index (χ3n) is 1.10. The smallest absolute Gasteiger partial charge is 0.237 e. The summed E-state index contributed by atoms with van der Waals surface area (Å²) in [4.78, 5) is 14.7. The first-order valence-corrected chi connectivity index (χ1v) is 3.65. The molecule has 0 bridgehead atoms. The molecular formula is C8H4BrNO. The van der Waals surface area contributed by atoms with Gasteiger partial charge in [0.2, 0.25) is 5.78 Å². The van der Waals surface area contributed by atoms with Gasteiger partial charge in [-0.15, -0.1) is 6.42 Å². The lowest BCUT2D eigenvalue weighted by Gasteiger charge is -1.92. The van der Waals surface area contributed by atoms with E-state index in [1.54, 1.807) is 12.3 Å². The molecule has 0 aliphatic rings. The molecule has 0 radical (unpaired) electrons. The van der Waals surface area contributed by atoms with Crippen molar-refractivity contribution in [2.75, 3.05) is 0 Å². The highest BCUT2D eigenvalue weighted by atomic mass is 79.9. The minimum Gasteiger partial charge on any atom is -0.279 e. The normalized spacial score (nSPS) is 8.73. The Balaban J connectivity index is 3.08. The molecule has 2 nitrogen and oxygen atoms in total. The summed E-state index contributed by atoms with van der Waals surface area (Å²) in [5, 5.41) is 0. The standard InChI is InChI=1S/C8H4BrNO/c1-2-8(11)6-3-7(9)5-10-4-6/h1,3-5H. The van der Waals surface area contributed by atoms with Crippen LogP contribution in [0.2, 0.25) is 0 Å². The number of Topliss-reactive ketones (excluding diaryl/α,β-unsaturated/α-hetero) is 1. The zero-order valence-corrected chi connectivity index (χ0v) is 7.13. The summed E-state index contributed by atoms with van der Waals surface area (Å²) >= 11 is 3.18. The van der Waals surface area contributed by atoms with Gasteiger partial charge in [0.1, 0.15) is 0 Å². The highest BCUT2D eigenvalue weighted by Gasteiger charge is 2.01. The number of pyridine rings is 1. The van der Waals surface area contributed by atoms with Crippen LogP contribution in [0.1, 0.15) is 10.4 Å². The van der Waals surface area contributed by atoms with Crippen molar-refractivity contribution in [2.24, 2.45) is 0 Å². The van der Waals surface area contributed by atoms with E-state index in [9.17, 15) is 4.79 Å². The van der Waals surface area contributed by atoms with Gasteiger partial charge in [0, 0.05) is 16.9 Å². The first-order valence-electron chi connectivity index (χ1n) is 2.85. The van der Waals surface area contributed by atoms with Crippen LogP contribution in [-0.2, 0) is 0 Å². The number of hydrogen-bond donors (Lipinski definition) is 0. The van der Waals surface area contributed by atoms with Gasteiger partial charge in [0.25, 0.3) is 0 Å². The van der Waals surface area contributed by atoms with E-state index in [1.807, 2.05) is 5.92 Å². The first kappa shape index (κ1) is 7.96. The minimum atomic E-state index is -0.348. The largest absolute Gasteiger partial charge is 0.279 e. The Morgan fingerprint density at radius 1 is 1.64 bits per heavy atom. The van der Waals surface area contributed by atoms with Gasteiger partial charge < -0.3 is 0 Å². The quantitative estimate of drug-likeness (QED) is 0.400. The molecule has 0 aliphatic heterocycles. The molecular weight excluding hydrogens is 206 g/mol. The predicted molar refractivity (Wildman–Crippen MR) is 45.1 cm³/mol. The van der Waals surface area contributed by atoms with Crippen LogP contribution in [0.15, 0.2) is 22.9 Å². The fourth-order valence-corrected chi connectivity index (χ4v) is 0.984. The van der Waals surface area contributed by atoms with Crippen LogP contribution in [-0.4, -0.2) is 10.8 Å². The summed E-state index contributed by atoms with van der Waals surface area (Å²) < 4.78 is 0.749. The Labute approximate surface area is 72.8 Å². The van der Waals surface area contributed by atoms with E-state index in [1.165, 1.54) is 6.20 Å². The Morgan fingerprint density at radius 3 is 2.91 bits per heavy atom. The molecule has 3 heteroatoms. The van der Waals surface area contributed by atoms with Gasteiger partial charge in [0.05, 0.1) is 5.56 Å². The topological polar surface area (TPSA) is 30.0 Å². The zero-order valence-electron chi connectivity index (χ0n) is 5.54. The number of ketones is 1. The molecule has 0 aromatic carbocycles. The van der Waals surface area contributed by atoms with Crippen molar-refractivity contribution in [3.05, 3.63) is 28.5 Å². The van der Waals surface area contributed by atoms with Crippen molar-refractivity contribution in [1.29, 1.82) is 0 Å². The second-order valence-corrected chi connectivity index (χ2v) is 2.78. The Kier molecular flexibility index (Phi) is 2.40. The van der Waals surface area contributed by atoms with Gasteiger partial charge in [-0.05, 0) is 27.9 Å². The van der Waals surface area contributed by atoms with Crippen molar-refractivity contribution in [3.63, 3.8) is 0 Å². The number of terminal acetylenes is 1. The second kappa shape index (κ2) is 3.31. The number of carbonyl (C=O) groups excluding carboxylic acids is 1. The summed E-state index contributed by atoms with van der Waals surface area (Å²) in [7, 11) is 0. The van der Waals surface area contributed by atoms with Gasteiger partial charge in [-0.3, -0.25) is 9.78 Å². The first-order chi connectivity index (χ1) is 5.24. The highest BCUT2D eigenvalue weighted by Crippen LogP contribution is 2.09. The van der Waals surface area contributed by atoms with Gasteiger partial charge in [-0.1, -0.05) is 0 Å². The van der Waals surface area contributed by atoms with E-state index in [0.717, 1.165) is 4.47 Å². The van der Waals surface area contributed by atoms with Crippen molar-refractivity contribution in [3.8, 4) is 12.3 Å². The molecule has 0 atom stereocenters. The molecule has 11 heavy (non-hydrogen) atoms. The number of nitrogens with zero attached hydrogens (tertiary/aromatic N) is 1. The van der Waals surface area contributed by atoms with Crippen molar-refractivity contribution < 1.29 is 4.79 Å². The molecule has 1 aromatic heterocycles. The lowest BCUT2D eigenvalue weighted by atomic mass is 10.2. The SMILES string of the molecule is C#CC(=O)c1cncc(Br)c1. The maximum atomic E-state index is 10.9. The number of hydrogen-bond acceptors (Lipinski definition) is 2. The fraction of sp³-hybridized carbons (Fsp3) is 0. The van der Waals surface area contributed by atoms with Crippen LogP contribution in [0.3, 0.4) is 0 Å². The average Bonchev–Trinajstić information content (AvgIpc) is 2.03. The molecule has 1 heterocycles. The third kappa shape index (κ3) is 1.89. The van der Waals surface area contributed by atoms with Crippen molar-refractivity contribution in [1.82, 2.24) is 4.98 Å². The second-order valence-electron chi connectivity index (χ2n) is 1.87. The fourth-order valence-electron chi connectivity index (χ4n) is 0.619. The molecule has 0 N–H and O–H groups in total. The van der Waals surface area contributed by atoms with E-state index in [4.69, 9.17) is 6.42 Å². The van der Waals surface area contributed by atoms with Crippen LogP contribution in [0, 0.1) is 12.3 Å². The van der Waals surface area contributed by atoms with Crippen LogP contribution in [0.5, 0.6) is 0 Å². The zero-order chi connectivity index (χ0) is 8.27. The van der Waals surface area contributed by atoms with Crippen LogP contribution in [0.25, 0.3) is 0 Å². The third-order valence-corrected chi connectivity index (χ3v) is 1.53. The average molecular weight is 210 g/mol. The predicted octanol–water partition coefficient (Wildman–Crippen LogP) is 1.66.